The van der Waals surface area contributed by atoms with E-state index in [2.05, 4.69) is 10.1 Å². The summed E-state index contributed by atoms with van der Waals surface area (Å²) in [5, 5.41) is 3.81. The molecule has 0 aliphatic carbocycles. The molecule has 0 amide bonds. The minimum absolute atomic E-state index is 0.147. The number of oxime groups is 1. The van der Waals surface area contributed by atoms with Gasteiger partial charge in [0, 0.05) is 23.8 Å². The first-order valence-electron chi connectivity index (χ1n) is 8.25. The number of aromatic nitrogens is 1. The third-order valence-electron chi connectivity index (χ3n) is 4.07. The second-order valence-electron chi connectivity index (χ2n) is 5.49. The molecule has 1 aromatic heterocycles. The van der Waals surface area contributed by atoms with E-state index in [1.54, 1.807) is 12.1 Å². The van der Waals surface area contributed by atoms with Crippen LogP contribution in [0.1, 0.15) is 21.7 Å². The molecule has 0 aliphatic rings. The lowest BCUT2D eigenvalue weighted by atomic mass is 9.98. The Bertz CT molecular complexity index is 858. The highest BCUT2D eigenvalue weighted by Crippen LogP contribution is 2.46. The Hall–Kier alpha value is -3.20. The Morgan fingerprint density at radius 2 is 1.75 bits per heavy atom. The van der Waals surface area contributed by atoms with E-state index >= 15 is 0 Å². The van der Waals surface area contributed by atoms with Crippen molar-refractivity contribution in [2.24, 2.45) is 5.16 Å². The number of methoxy groups -OCH3 is 5. The Labute approximate surface area is 163 Å². The van der Waals surface area contributed by atoms with Gasteiger partial charge in [-0.05, 0) is 12.1 Å². The van der Waals surface area contributed by atoms with Crippen LogP contribution in [0.3, 0.4) is 0 Å². The van der Waals surface area contributed by atoms with Crippen LogP contribution in [0.5, 0.6) is 17.2 Å². The molecule has 0 radical (unpaired) electrons. The fourth-order valence-corrected chi connectivity index (χ4v) is 2.93. The standard InChI is InChI=1S/C19H24N2O7/c1-23-10-12-15(13(9-20-28-6)21-16(12)19(22)27-5)11-7-8-14(24-2)18(26-4)17(11)25-3/h7-9,21H,10H2,1-6H3/b20-9+. The number of esters is 1. The van der Waals surface area contributed by atoms with Gasteiger partial charge in [-0.2, -0.15) is 0 Å². The van der Waals surface area contributed by atoms with Gasteiger partial charge >= 0.3 is 5.97 Å². The number of hydrogen-bond acceptors (Lipinski definition) is 8. The van der Waals surface area contributed by atoms with Gasteiger partial charge in [-0.3, -0.25) is 0 Å². The van der Waals surface area contributed by atoms with E-state index in [0.717, 1.165) is 0 Å². The molecule has 9 nitrogen and oxygen atoms in total. The number of hydrogen-bond donors (Lipinski definition) is 1. The first kappa shape index (κ1) is 21.1. The van der Waals surface area contributed by atoms with E-state index in [4.69, 9.17) is 28.5 Å². The van der Waals surface area contributed by atoms with Crippen LogP contribution in [0.15, 0.2) is 17.3 Å². The van der Waals surface area contributed by atoms with Crippen LogP contribution in [0.4, 0.5) is 0 Å². The number of aromatic amines is 1. The summed E-state index contributed by atoms with van der Waals surface area (Å²) in [6.45, 7) is 0.147. The molecule has 0 atom stereocenters. The second-order valence-corrected chi connectivity index (χ2v) is 5.49. The quantitative estimate of drug-likeness (QED) is 0.398. The number of carbonyl (C=O) groups is 1. The molecule has 0 unspecified atom stereocenters. The Morgan fingerprint density at radius 3 is 2.29 bits per heavy atom. The van der Waals surface area contributed by atoms with Gasteiger partial charge < -0.3 is 33.5 Å². The largest absolute Gasteiger partial charge is 0.493 e. The number of ether oxygens (including phenoxy) is 5. The number of nitrogens with zero attached hydrogens (tertiary/aromatic N) is 1. The molecule has 9 heteroatoms. The van der Waals surface area contributed by atoms with E-state index in [9.17, 15) is 4.79 Å². The Balaban J connectivity index is 2.87. The van der Waals surface area contributed by atoms with Crippen LogP contribution in [-0.4, -0.2) is 59.8 Å². The maximum absolute atomic E-state index is 12.3. The summed E-state index contributed by atoms with van der Waals surface area (Å²) in [7, 11) is 8.84. The summed E-state index contributed by atoms with van der Waals surface area (Å²) >= 11 is 0. The highest BCUT2D eigenvalue weighted by molar-refractivity contribution is 5.99. The van der Waals surface area contributed by atoms with Crippen LogP contribution >= 0.6 is 0 Å². The number of benzene rings is 1. The molecule has 28 heavy (non-hydrogen) atoms. The average molecular weight is 392 g/mol. The predicted octanol–water partition coefficient (Wildman–Crippen LogP) is 2.62. The van der Waals surface area contributed by atoms with Gasteiger partial charge in [-0.25, -0.2) is 4.79 Å². The topological polar surface area (TPSA) is 101 Å². The van der Waals surface area contributed by atoms with Crippen molar-refractivity contribution in [3.8, 4) is 28.4 Å². The molecule has 2 aromatic rings. The molecular formula is C19H24N2O7. The highest BCUT2D eigenvalue weighted by Gasteiger charge is 2.27. The molecule has 0 bridgehead atoms. The molecule has 0 saturated heterocycles. The van der Waals surface area contributed by atoms with Gasteiger partial charge in [-0.15, -0.1) is 0 Å². The fraction of sp³-hybridized carbons (Fsp3) is 0.368. The summed E-state index contributed by atoms with van der Waals surface area (Å²) in [4.78, 5) is 20.1. The molecule has 0 spiro atoms. The molecule has 0 aliphatic heterocycles. The maximum Gasteiger partial charge on any atom is 0.354 e. The molecule has 1 aromatic carbocycles. The Kier molecular flexibility index (Phi) is 7.28. The SMILES string of the molecule is COCc1c(C(=O)OC)[nH]c(/C=N/OC)c1-c1ccc(OC)c(OC)c1OC. The van der Waals surface area contributed by atoms with Crippen molar-refractivity contribution < 1.29 is 33.3 Å². The molecule has 2 rings (SSSR count). The van der Waals surface area contributed by atoms with Crippen LogP contribution in [-0.2, 0) is 20.9 Å². The zero-order valence-corrected chi connectivity index (χ0v) is 16.7. The van der Waals surface area contributed by atoms with Crippen LogP contribution in [0.25, 0.3) is 11.1 Å². The lowest BCUT2D eigenvalue weighted by Gasteiger charge is -2.17. The number of carbonyl (C=O) groups excluding carboxylic acids is 1. The minimum Gasteiger partial charge on any atom is -0.493 e. The monoisotopic (exact) mass is 392 g/mol. The van der Waals surface area contributed by atoms with Gasteiger partial charge in [0.1, 0.15) is 12.8 Å². The summed E-state index contributed by atoms with van der Waals surface area (Å²) in [6, 6.07) is 3.54. The first-order valence-corrected chi connectivity index (χ1v) is 8.25. The second kappa shape index (κ2) is 9.65. The van der Waals surface area contributed by atoms with Gasteiger partial charge in [0.2, 0.25) is 5.75 Å². The van der Waals surface area contributed by atoms with Crippen molar-refractivity contribution in [3.63, 3.8) is 0 Å². The highest BCUT2D eigenvalue weighted by atomic mass is 16.6. The first-order chi connectivity index (χ1) is 13.6. The molecule has 0 fully saturated rings. The molecule has 0 saturated carbocycles. The van der Waals surface area contributed by atoms with Crippen molar-refractivity contribution in [1.82, 2.24) is 4.98 Å². The molecule has 1 N–H and O–H groups in total. The number of nitrogens with one attached hydrogen (secondary N) is 1. The number of rotatable bonds is 9. The lowest BCUT2D eigenvalue weighted by Crippen LogP contribution is -2.06. The average Bonchev–Trinajstić information content (AvgIpc) is 3.08. The van der Waals surface area contributed by atoms with Crippen molar-refractivity contribution >= 4 is 12.2 Å². The van der Waals surface area contributed by atoms with Crippen molar-refractivity contribution in [3.05, 3.63) is 29.1 Å². The normalized spacial score (nSPS) is 10.8. The minimum atomic E-state index is -0.537. The molecule has 152 valence electrons. The van der Waals surface area contributed by atoms with Gasteiger partial charge in [0.25, 0.3) is 0 Å². The third-order valence-corrected chi connectivity index (χ3v) is 4.07. The maximum atomic E-state index is 12.3. The summed E-state index contributed by atoms with van der Waals surface area (Å²) in [5.74, 6) is 0.819. The van der Waals surface area contributed by atoms with E-state index < -0.39 is 5.97 Å². The van der Waals surface area contributed by atoms with E-state index in [1.807, 2.05) is 0 Å². The van der Waals surface area contributed by atoms with Crippen molar-refractivity contribution in [2.75, 3.05) is 42.7 Å². The van der Waals surface area contributed by atoms with Crippen LogP contribution in [0.2, 0.25) is 0 Å². The van der Waals surface area contributed by atoms with E-state index in [0.29, 0.717) is 39.6 Å². The molecule has 1 heterocycles. The molecular weight excluding hydrogens is 368 g/mol. The van der Waals surface area contributed by atoms with Crippen molar-refractivity contribution in [1.29, 1.82) is 0 Å². The number of H-pyrrole nitrogens is 1. The summed E-state index contributed by atoms with van der Waals surface area (Å²) < 4.78 is 26.6. The van der Waals surface area contributed by atoms with Gasteiger partial charge in [0.05, 0.1) is 47.0 Å². The Morgan fingerprint density at radius 1 is 1.04 bits per heavy atom. The predicted molar refractivity (Wildman–Crippen MR) is 103 cm³/mol. The van der Waals surface area contributed by atoms with Crippen LogP contribution < -0.4 is 14.2 Å². The fourth-order valence-electron chi connectivity index (χ4n) is 2.93. The van der Waals surface area contributed by atoms with Crippen molar-refractivity contribution in [2.45, 2.75) is 6.61 Å². The third kappa shape index (κ3) is 3.89. The zero-order valence-electron chi connectivity index (χ0n) is 16.7. The van der Waals surface area contributed by atoms with Gasteiger partial charge in [0.15, 0.2) is 11.5 Å². The smallest absolute Gasteiger partial charge is 0.354 e. The zero-order chi connectivity index (χ0) is 20.7. The van der Waals surface area contributed by atoms with Crippen LogP contribution in [0, 0.1) is 0 Å². The summed E-state index contributed by atoms with van der Waals surface area (Å²) in [6.07, 6.45) is 1.46. The van der Waals surface area contributed by atoms with Gasteiger partial charge in [-0.1, -0.05) is 5.16 Å². The lowest BCUT2D eigenvalue weighted by molar-refractivity contribution is 0.0590. The van der Waals surface area contributed by atoms with E-state index in [-0.39, 0.29) is 12.3 Å². The van der Waals surface area contributed by atoms with E-state index in [1.165, 1.54) is 48.9 Å². The summed E-state index contributed by atoms with van der Waals surface area (Å²) in [5.41, 5.74) is 2.63.